The zero-order valence-corrected chi connectivity index (χ0v) is 12.8. The Morgan fingerprint density at radius 2 is 1.92 bits per heavy atom. The van der Waals surface area contributed by atoms with Gasteiger partial charge in [-0.05, 0) is 17.7 Å². The highest BCUT2D eigenvalue weighted by atomic mass is 19.1. The molecule has 0 unspecified atom stereocenters. The van der Waals surface area contributed by atoms with Crippen LogP contribution in [0.15, 0.2) is 49.4 Å². The van der Waals surface area contributed by atoms with E-state index in [0.29, 0.717) is 5.56 Å². The van der Waals surface area contributed by atoms with Crippen molar-refractivity contribution in [3.63, 3.8) is 0 Å². The van der Waals surface area contributed by atoms with Gasteiger partial charge in [0.25, 0.3) is 0 Å². The third kappa shape index (κ3) is 3.00. The van der Waals surface area contributed by atoms with E-state index < -0.39 is 23.2 Å². The summed E-state index contributed by atoms with van der Waals surface area (Å²) in [5.74, 6) is -1.79. The van der Waals surface area contributed by atoms with E-state index in [4.69, 9.17) is 0 Å². The van der Waals surface area contributed by atoms with Gasteiger partial charge < -0.3 is 5.11 Å². The Hall–Kier alpha value is -2.74. The van der Waals surface area contributed by atoms with E-state index >= 15 is 0 Å². The molecular formula is C16H15F2N5O. The van der Waals surface area contributed by atoms with E-state index in [1.165, 1.54) is 47.9 Å². The maximum Gasteiger partial charge on any atom is 0.163 e. The Morgan fingerprint density at radius 3 is 2.54 bits per heavy atom. The molecule has 1 N–H and O–H groups in total. The van der Waals surface area contributed by atoms with Crippen molar-refractivity contribution in [3.05, 3.63) is 72.3 Å². The van der Waals surface area contributed by atoms with Crippen molar-refractivity contribution >= 4 is 0 Å². The topological polar surface area (TPSA) is 76.7 Å². The van der Waals surface area contributed by atoms with Crippen LogP contribution in [0.4, 0.5) is 8.78 Å². The molecule has 0 saturated heterocycles. The molecule has 8 heteroatoms. The van der Waals surface area contributed by atoms with Crippen molar-refractivity contribution < 1.29 is 13.9 Å². The Labute approximate surface area is 136 Å². The number of rotatable bonds is 5. The van der Waals surface area contributed by atoms with Crippen molar-refractivity contribution in [2.75, 3.05) is 0 Å². The second-order valence-electron chi connectivity index (χ2n) is 5.50. The van der Waals surface area contributed by atoms with Gasteiger partial charge in [0.2, 0.25) is 0 Å². The van der Waals surface area contributed by atoms with Crippen LogP contribution in [-0.4, -0.2) is 29.8 Å². The molecule has 3 aromatic rings. The molecule has 0 spiro atoms. The van der Waals surface area contributed by atoms with Crippen LogP contribution in [0.25, 0.3) is 0 Å². The fourth-order valence-electron chi connectivity index (χ4n) is 2.64. The van der Waals surface area contributed by atoms with Crippen LogP contribution in [0.3, 0.4) is 0 Å². The highest BCUT2D eigenvalue weighted by Gasteiger charge is 2.39. The van der Waals surface area contributed by atoms with Gasteiger partial charge in [-0.2, -0.15) is 5.10 Å². The molecule has 2 heterocycles. The molecule has 24 heavy (non-hydrogen) atoms. The van der Waals surface area contributed by atoms with Gasteiger partial charge in [0.05, 0.1) is 18.4 Å². The normalized spacial score (nSPS) is 15.0. The lowest BCUT2D eigenvalue weighted by Crippen LogP contribution is -2.38. The first kappa shape index (κ1) is 16.1. The Kier molecular flexibility index (Phi) is 4.30. The van der Waals surface area contributed by atoms with Crippen LogP contribution in [0, 0.1) is 11.6 Å². The van der Waals surface area contributed by atoms with Crippen molar-refractivity contribution in [2.24, 2.45) is 0 Å². The highest BCUT2D eigenvalue weighted by molar-refractivity contribution is 5.28. The maximum absolute atomic E-state index is 14.1. The summed E-state index contributed by atoms with van der Waals surface area (Å²) in [6, 6.07) is 5.40. The summed E-state index contributed by atoms with van der Waals surface area (Å²) < 4.78 is 28.8. The third-order valence-corrected chi connectivity index (χ3v) is 4.04. The number of aliphatic hydroxyl groups is 1. The van der Waals surface area contributed by atoms with Gasteiger partial charge in [-0.1, -0.05) is 19.1 Å². The monoisotopic (exact) mass is 331 g/mol. The smallest absolute Gasteiger partial charge is 0.163 e. The van der Waals surface area contributed by atoms with E-state index in [2.05, 4.69) is 20.1 Å². The molecule has 0 aliphatic carbocycles. The molecular weight excluding hydrogens is 316 g/mol. The predicted octanol–water partition coefficient (Wildman–Crippen LogP) is 2.04. The van der Waals surface area contributed by atoms with Gasteiger partial charge in [0.15, 0.2) is 5.82 Å². The molecule has 0 aliphatic heterocycles. The molecule has 0 saturated carbocycles. The fraction of sp³-hybridized carbons (Fsp3) is 0.250. The van der Waals surface area contributed by atoms with E-state index in [-0.39, 0.29) is 12.2 Å². The number of aromatic nitrogens is 5. The molecule has 3 rings (SSSR count). The molecule has 1 aromatic carbocycles. The summed E-state index contributed by atoms with van der Waals surface area (Å²) in [5.41, 5.74) is -1.08. The van der Waals surface area contributed by atoms with Gasteiger partial charge in [-0.3, -0.25) is 0 Å². The van der Waals surface area contributed by atoms with E-state index in [0.717, 1.165) is 6.20 Å². The summed E-state index contributed by atoms with van der Waals surface area (Å²) >= 11 is 0. The first-order valence-corrected chi connectivity index (χ1v) is 7.27. The largest absolute Gasteiger partial charge is 0.383 e. The second kappa shape index (κ2) is 6.40. The van der Waals surface area contributed by atoms with E-state index in [1.54, 1.807) is 6.92 Å². The quantitative estimate of drug-likeness (QED) is 0.774. The van der Waals surface area contributed by atoms with Crippen LogP contribution in [0.2, 0.25) is 0 Å². The first-order valence-electron chi connectivity index (χ1n) is 7.27. The van der Waals surface area contributed by atoms with Crippen LogP contribution in [-0.2, 0) is 12.1 Å². The van der Waals surface area contributed by atoms with Gasteiger partial charge >= 0.3 is 0 Å². The lowest BCUT2D eigenvalue weighted by atomic mass is 9.80. The van der Waals surface area contributed by atoms with Crippen molar-refractivity contribution in [2.45, 2.75) is 25.0 Å². The summed E-state index contributed by atoms with van der Waals surface area (Å²) in [6.45, 7) is 1.65. The minimum Gasteiger partial charge on any atom is -0.383 e. The van der Waals surface area contributed by atoms with Gasteiger partial charge in [0.1, 0.15) is 30.4 Å². The van der Waals surface area contributed by atoms with Crippen molar-refractivity contribution in [1.29, 1.82) is 0 Å². The lowest BCUT2D eigenvalue weighted by molar-refractivity contribution is -0.0103. The summed E-state index contributed by atoms with van der Waals surface area (Å²) in [7, 11) is 0. The van der Waals surface area contributed by atoms with Crippen molar-refractivity contribution in [1.82, 2.24) is 24.7 Å². The summed E-state index contributed by atoms with van der Waals surface area (Å²) in [4.78, 5) is 11.4. The first-order chi connectivity index (χ1) is 11.5. The average Bonchev–Trinajstić information content (AvgIpc) is 3.08. The molecule has 0 fully saturated rings. The third-order valence-electron chi connectivity index (χ3n) is 4.04. The molecule has 6 nitrogen and oxygen atoms in total. The number of halogens is 2. The Morgan fingerprint density at radius 1 is 1.17 bits per heavy atom. The number of benzene rings is 1. The SMILES string of the molecule is C[C@H](c1ncncc1F)[C@@](O)(Cn1cncn1)c1ccc(F)cc1. The Bertz CT molecular complexity index is 810. The van der Waals surface area contributed by atoms with Gasteiger partial charge in [-0.25, -0.2) is 28.4 Å². The predicted molar refractivity (Wildman–Crippen MR) is 80.7 cm³/mol. The number of hydrogen-bond donors (Lipinski definition) is 1. The standard InChI is InChI=1S/C16H15F2N5O/c1-11(15-14(18)6-19-8-21-15)16(24,7-23-10-20-9-22-23)12-2-4-13(17)5-3-12/h2-6,8-11,24H,7H2,1H3/t11-,16+/m1/s1. The summed E-state index contributed by atoms with van der Waals surface area (Å²) in [6.07, 6.45) is 5.04. The molecule has 0 amide bonds. The van der Waals surface area contributed by atoms with Crippen LogP contribution < -0.4 is 0 Å². The zero-order chi connectivity index (χ0) is 17.2. The van der Waals surface area contributed by atoms with Crippen LogP contribution >= 0.6 is 0 Å². The van der Waals surface area contributed by atoms with E-state index in [1.807, 2.05) is 0 Å². The van der Waals surface area contributed by atoms with Gasteiger partial charge in [-0.15, -0.1) is 0 Å². The highest BCUT2D eigenvalue weighted by Crippen LogP contribution is 2.38. The Balaban J connectivity index is 2.07. The molecule has 0 bridgehead atoms. The maximum atomic E-state index is 14.1. The molecule has 0 radical (unpaired) electrons. The van der Waals surface area contributed by atoms with E-state index in [9.17, 15) is 13.9 Å². The average molecular weight is 331 g/mol. The van der Waals surface area contributed by atoms with Crippen LogP contribution in [0.1, 0.15) is 24.1 Å². The molecule has 2 atom stereocenters. The fourth-order valence-corrected chi connectivity index (χ4v) is 2.64. The lowest BCUT2D eigenvalue weighted by Gasteiger charge is -2.34. The zero-order valence-electron chi connectivity index (χ0n) is 12.8. The molecule has 0 aliphatic rings. The number of nitrogens with zero attached hydrogens (tertiary/aromatic N) is 5. The molecule has 2 aromatic heterocycles. The van der Waals surface area contributed by atoms with Gasteiger partial charge in [0, 0.05) is 5.92 Å². The van der Waals surface area contributed by atoms with Crippen LogP contribution in [0.5, 0.6) is 0 Å². The molecule has 124 valence electrons. The number of hydrogen-bond acceptors (Lipinski definition) is 5. The van der Waals surface area contributed by atoms with Crippen molar-refractivity contribution in [3.8, 4) is 0 Å². The second-order valence-corrected chi connectivity index (χ2v) is 5.50. The minimum absolute atomic E-state index is 0.00322. The summed E-state index contributed by atoms with van der Waals surface area (Å²) in [5, 5.41) is 15.3. The minimum atomic E-state index is -1.57.